The third-order valence-corrected chi connectivity index (χ3v) is 6.29. The fourth-order valence-corrected chi connectivity index (χ4v) is 4.48. The van der Waals surface area contributed by atoms with Gasteiger partial charge >= 0.3 is 0 Å². The number of aromatic nitrogens is 5. The van der Waals surface area contributed by atoms with Gasteiger partial charge in [-0.05, 0) is 55.7 Å². The number of pyridine rings is 2. The van der Waals surface area contributed by atoms with Crippen LogP contribution in [-0.4, -0.2) is 57.7 Å². The molecule has 0 radical (unpaired) electrons. The summed E-state index contributed by atoms with van der Waals surface area (Å²) in [5.74, 6) is 1.03. The Morgan fingerprint density at radius 1 is 1.03 bits per heavy atom. The van der Waals surface area contributed by atoms with Crippen molar-refractivity contribution < 1.29 is 9.53 Å². The van der Waals surface area contributed by atoms with Crippen molar-refractivity contribution in [3.05, 3.63) is 72.1 Å². The van der Waals surface area contributed by atoms with Crippen LogP contribution in [0.15, 0.2) is 60.8 Å². The van der Waals surface area contributed by atoms with Gasteiger partial charge < -0.3 is 15.0 Å². The second-order valence-electron chi connectivity index (χ2n) is 9.14. The van der Waals surface area contributed by atoms with Crippen molar-refractivity contribution in [1.82, 2.24) is 25.0 Å². The van der Waals surface area contributed by atoms with Gasteiger partial charge in [-0.3, -0.25) is 4.79 Å². The van der Waals surface area contributed by atoms with Crippen LogP contribution in [0.3, 0.4) is 0 Å². The molecular formula is C28H28N8O2. The van der Waals surface area contributed by atoms with E-state index in [2.05, 4.69) is 37.6 Å². The minimum atomic E-state index is -0.322. The van der Waals surface area contributed by atoms with Crippen LogP contribution in [0.1, 0.15) is 30.5 Å². The summed E-state index contributed by atoms with van der Waals surface area (Å²) in [5.41, 5.74) is 4.12. The second kappa shape index (κ2) is 11.6. The molecule has 38 heavy (non-hydrogen) atoms. The van der Waals surface area contributed by atoms with Crippen LogP contribution in [0.2, 0.25) is 0 Å². The average Bonchev–Trinajstić information content (AvgIpc) is 3.42. The number of hydrogen-bond donors (Lipinski definition) is 1. The van der Waals surface area contributed by atoms with E-state index in [0.717, 1.165) is 35.7 Å². The lowest BCUT2D eigenvalue weighted by molar-refractivity contribution is -0.119. The van der Waals surface area contributed by atoms with Gasteiger partial charge in [-0.15, -0.1) is 5.10 Å². The van der Waals surface area contributed by atoms with Crippen molar-refractivity contribution in [2.75, 3.05) is 37.0 Å². The molecule has 0 aliphatic carbocycles. The molecule has 10 heteroatoms. The molecule has 4 aromatic rings. The van der Waals surface area contributed by atoms with Crippen molar-refractivity contribution in [3.63, 3.8) is 0 Å². The van der Waals surface area contributed by atoms with E-state index in [1.54, 1.807) is 28.9 Å². The van der Waals surface area contributed by atoms with E-state index < -0.39 is 0 Å². The molecular weight excluding hydrogens is 480 g/mol. The molecule has 1 aromatic carbocycles. The quantitative estimate of drug-likeness (QED) is 0.380. The standard InChI is InChI=1S/C28H28N8O2/c1-38-19-28(37)32-26-15-22(14-24(31-26)21-8-5-7-20(13-21)16-29)25-18-36(34-33-25)17-23-9-6-10-27(30-23)35-11-3-2-4-12-35/h5-10,13-15,18H,2-4,11-12,17,19H2,1H3,(H,31,32,37). The molecule has 1 fully saturated rings. The number of methoxy groups -OCH3 is 1. The summed E-state index contributed by atoms with van der Waals surface area (Å²) in [6.07, 6.45) is 5.51. The normalized spacial score (nSPS) is 13.2. The Kier molecular flexibility index (Phi) is 7.66. The number of nitriles is 1. The van der Waals surface area contributed by atoms with Gasteiger partial charge in [0, 0.05) is 31.3 Å². The number of rotatable bonds is 8. The molecule has 10 nitrogen and oxygen atoms in total. The van der Waals surface area contributed by atoms with E-state index >= 15 is 0 Å². The third-order valence-electron chi connectivity index (χ3n) is 6.29. The minimum Gasteiger partial charge on any atom is -0.375 e. The SMILES string of the molecule is COCC(=O)Nc1cc(-c2cn(Cc3cccc(N4CCCCC4)n3)nn2)cc(-c2cccc(C#N)c2)n1. The van der Waals surface area contributed by atoms with Gasteiger partial charge in [0.2, 0.25) is 0 Å². The highest BCUT2D eigenvalue weighted by Crippen LogP contribution is 2.27. The molecule has 1 N–H and O–H groups in total. The number of hydrogen-bond acceptors (Lipinski definition) is 8. The Morgan fingerprint density at radius 3 is 2.68 bits per heavy atom. The van der Waals surface area contributed by atoms with Crippen LogP contribution in [0.5, 0.6) is 0 Å². The number of anilines is 2. The first-order chi connectivity index (χ1) is 18.6. The number of nitrogens with zero attached hydrogens (tertiary/aromatic N) is 7. The van der Waals surface area contributed by atoms with Crippen LogP contribution in [0.4, 0.5) is 11.6 Å². The molecule has 1 amide bonds. The van der Waals surface area contributed by atoms with Crippen LogP contribution in [0, 0.1) is 11.3 Å². The van der Waals surface area contributed by atoms with E-state index in [1.807, 2.05) is 30.5 Å². The topological polar surface area (TPSA) is 122 Å². The number of carbonyl (C=O) groups excluding carboxylic acids is 1. The first kappa shape index (κ1) is 25.0. The number of piperidine rings is 1. The van der Waals surface area contributed by atoms with E-state index in [9.17, 15) is 10.1 Å². The molecule has 0 saturated carbocycles. The van der Waals surface area contributed by atoms with Gasteiger partial charge in [0.15, 0.2) is 0 Å². The molecule has 0 unspecified atom stereocenters. The smallest absolute Gasteiger partial charge is 0.251 e. The Morgan fingerprint density at radius 2 is 1.87 bits per heavy atom. The van der Waals surface area contributed by atoms with Gasteiger partial charge in [-0.2, -0.15) is 5.26 Å². The molecule has 5 rings (SSSR count). The Bertz CT molecular complexity index is 1470. The first-order valence-corrected chi connectivity index (χ1v) is 12.5. The molecule has 0 atom stereocenters. The highest BCUT2D eigenvalue weighted by molar-refractivity contribution is 5.91. The van der Waals surface area contributed by atoms with E-state index in [1.165, 1.54) is 26.4 Å². The fourth-order valence-electron chi connectivity index (χ4n) is 4.48. The maximum atomic E-state index is 12.2. The average molecular weight is 509 g/mol. The molecule has 3 aromatic heterocycles. The van der Waals surface area contributed by atoms with Crippen molar-refractivity contribution in [2.24, 2.45) is 0 Å². The lowest BCUT2D eigenvalue weighted by Crippen LogP contribution is -2.30. The predicted octanol–water partition coefficient (Wildman–Crippen LogP) is 3.90. The van der Waals surface area contributed by atoms with Gasteiger partial charge in [-0.1, -0.05) is 23.4 Å². The summed E-state index contributed by atoms with van der Waals surface area (Å²) < 4.78 is 6.68. The minimum absolute atomic E-state index is 0.0924. The highest BCUT2D eigenvalue weighted by atomic mass is 16.5. The molecule has 4 heterocycles. The number of carbonyl (C=O) groups is 1. The molecule has 1 aliphatic rings. The Hall–Kier alpha value is -4.62. The van der Waals surface area contributed by atoms with E-state index in [-0.39, 0.29) is 12.5 Å². The summed E-state index contributed by atoms with van der Waals surface area (Å²) >= 11 is 0. The maximum Gasteiger partial charge on any atom is 0.251 e. The van der Waals surface area contributed by atoms with Crippen molar-refractivity contribution in [1.29, 1.82) is 5.26 Å². The summed E-state index contributed by atoms with van der Waals surface area (Å²) in [6.45, 7) is 2.46. The monoisotopic (exact) mass is 508 g/mol. The molecule has 1 aliphatic heterocycles. The summed E-state index contributed by atoms with van der Waals surface area (Å²) in [4.78, 5) is 24.0. The summed E-state index contributed by atoms with van der Waals surface area (Å²) in [7, 11) is 1.46. The highest BCUT2D eigenvalue weighted by Gasteiger charge is 2.15. The van der Waals surface area contributed by atoms with E-state index in [0.29, 0.717) is 29.3 Å². The lowest BCUT2D eigenvalue weighted by atomic mass is 10.1. The molecule has 1 saturated heterocycles. The van der Waals surface area contributed by atoms with Crippen LogP contribution < -0.4 is 10.2 Å². The maximum absolute atomic E-state index is 12.2. The number of ether oxygens (including phenoxy) is 1. The second-order valence-corrected chi connectivity index (χ2v) is 9.14. The van der Waals surface area contributed by atoms with Crippen LogP contribution in [-0.2, 0) is 16.1 Å². The van der Waals surface area contributed by atoms with Crippen molar-refractivity contribution >= 4 is 17.5 Å². The predicted molar refractivity (Wildman–Crippen MR) is 143 cm³/mol. The van der Waals surface area contributed by atoms with Gasteiger partial charge in [0.05, 0.1) is 35.8 Å². The van der Waals surface area contributed by atoms with E-state index in [4.69, 9.17) is 9.72 Å². The third kappa shape index (κ3) is 6.02. The molecule has 0 bridgehead atoms. The lowest BCUT2D eigenvalue weighted by Gasteiger charge is -2.27. The molecule has 0 spiro atoms. The first-order valence-electron chi connectivity index (χ1n) is 12.5. The zero-order chi connectivity index (χ0) is 26.3. The van der Waals surface area contributed by atoms with Crippen molar-refractivity contribution in [3.8, 4) is 28.6 Å². The fraction of sp³-hybridized carbons (Fsp3) is 0.286. The Balaban J connectivity index is 1.42. The summed E-state index contributed by atoms with van der Waals surface area (Å²) in [5, 5.41) is 20.8. The van der Waals surface area contributed by atoms with Gasteiger partial charge in [0.25, 0.3) is 5.91 Å². The summed E-state index contributed by atoms with van der Waals surface area (Å²) in [6, 6.07) is 19.0. The van der Waals surface area contributed by atoms with Gasteiger partial charge in [0.1, 0.15) is 23.9 Å². The van der Waals surface area contributed by atoms with Crippen molar-refractivity contribution in [2.45, 2.75) is 25.8 Å². The largest absolute Gasteiger partial charge is 0.375 e. The zero-order valence-electron chi connectivity index (χ0n) is 21.2. The van der Waals surface area contributed by atoms with Crippen LogP contribution in [0.25, 0.3) is 22.5 Å². The van der Waals surface area contributed by atoms with Crippen LogP contribution >= 0.6 is 0 Å². The Labute approximate surface area is 220 Å². The zero-order valence-corrected chi connectivity index (χ0v) is 21.2. The number of amides is 1. The number of benzene rings is 1. The van der Waals surface area contributed by atoms with Gasteiger partial charge in [-0.25, -0.2) is 14.6 Å². The number of nitrogens with one attached hydrogen (secondary N) is 1. The molecule has 192 valence electrons.